The highest BCUT2D eigenvalue weighted by molar-refractivity contribution is 7.99. The van der Waals surface area contributed by atoms with Crippen molar-refractivity contribution in [2.24, 2.45) is 5.41 Å². The van der Waals surface area contributed by atoms with Gasteiger partial charge in [-0.25, -0.2) is 0 Å². The fourth-order valence-electron chi connectivity index (χ4n) is 2.84. The predicted octanol–water partition coefficient (Wildman–Crippen LogP) is 5.11. The van der Waals surface area contributed by atoms with Gasteiger partial charge in [-0.05, 0) is 41.8 Å². The largest absolute Gasteiger partial charge is 0.326 e. The molecule has 0 bridgehead atoms. The summed E-state index contributed by atoms with van der Waals surface area (Å²) in [6.07, 6.45) is 1.64. The van der Waals surface area contributed by atoms with E-state index in [0.717, 1.165) is 5.69 Å². The first kappa shape index (κ1) is 23.5. The highest BCUT2D eigenvalue weighted by Gasteiger charge is 2.21. The van der Waals surface area contributed by atoms with Crippen LogP contribution in [0.5, 0.6) is 0 Å². The molecule has 0 unspecified atom stereocenters. The maximum absolute atomic E-state index is 12.5. The fourth-order valence-corrected chi connectivity index (χ4v) is 3.57. The van der Waals surface area contributed by atoms with Crippen molar-refractivity contribution in [2.75, 3.05) is 16.4 Å². The SMILES string of the molecule is CC(C)c1ccc(-n2cnnc2SCC(=O)Nc2cccc(NC(=O)C(C)(C)C)c2)cc1. The molecule has 0 saturated heterocycles. The second-order valence-electron chi connectivity index (χ2n) is 8.85. The fraction of sp³-hybridized carbons (Fsp3) is 0.333. The molecule has 0 aliphatic carbocycles. The number of thioether (sulfide) groups is 1. The minimum Gasteiger partial charge on any atom is -0.326 e. The lowest BCUT2D eigenvalue weighted by Crippen LogP contribution is -2.27. The molecule has 168 valence electrons. The summed E-state index contributed by atoms with van der Waals surface area (Å²) in [7, 11) is 0. The van der Waals surface area contributed by atoms with Gasteiger partial charge in [-0.1, -0.05) is 64.6 Å². The van der Waals surface area contributed by atoms with Crippen LogP contribution in [0.25, 0.3) is 5.69 Å². The smallest absolute Gasteiger partial charge is 0.234 e. The van der Waals surface area contributed by atoms with E-state index in [2.05, 4.69) is 46.8 Å². The minimum absolute atomic E-state index is 0.0858. The number of rotatable bonds is 7. The molecule has 0 aliphatic rings. The number of anilines is 2. The number of amides is 2. The molecule has 0 radical (unpaired) electrons. The number of carbonyl (C=O) groups excluding carboxylic acids is 2. The number of hydrogen-bond acceptors (Lipinski definition) is 5. The van der Waals surface area contributed by atoms with E-state index in [1.54, 1.807) is 30.6 Å². The average Bonchev–Trinajstić information content (AvgIpc) is 3.20. The van der Waals surface area contributed by atoms with Crippen LogP contribution in [0, 0.1) is 5.41 Å². The van der Waals surface area contributed by atoms with Gasteiger partial charge < -0.3 is 10.6 Å². The summed E-state index contributed by atoms with van der Waals surface area (Å²) >= 11 is 1.31. The van der Waals surface area contributed by atoms with Crippen LogP contribution in [-0.2, 0) is 9.59 Å². The van der Waals surface area contributed by atoms with Crippen LogP contribution in [-0.4, -0.2) is 32.3 Å². The van der Waals surface area contributed by atoms with Gasteiger partial charge in [0.15, 0.2) is 5.16 Å². The number of nitrogens with one attached hydrogen (secondary N) is 2. The molecular formula is C24H29N5O2S. The predicted molar refractivity (Wildman–Crippen MR) is 129 cm³/mol. The third kappa shape index (κ3) is 6.20. The lowest BCUT2D eigenvalue weighted by Gasteiger charge is -2.18. The Hall–Kier alpha value is -3.13. The standard InChI is InChI=1S/C24H29N5O2S/c1-16(2)17-9-11-20(12-10-17)29-15-25-28-23(29)32-14-21(30)26-18-7-6-8-19(13-18)27-22(31)24(3,4)5/h6-13,15-16H,14H2,1-5H3,(H,26,30)(H,27,31). The highest BCUT2D eigenvalue weighted by Crippen LogP contribution is 2.23. The summed E-state index contributed by atoms with van der Waals surface area (Å²) < 4.78 is 1.87. The number of benzene rings is 2. The molecule has 0 fully saturated rings. The second-order valence-corrected chi connectivity index (χ2v) is 9.79. The van der Waals surface area contributed by atoms with Crippen molar-refractivity contribution in [1.82, 2.24) is 14.8 Å². The van der Waals surface area contributed by atoms with E-state index in [4.69, 9.17) is 0 Å². The van der Waals surface area contributed by atoms with E-state index in [1.165, 1.54) is 17.3 Å². The number of hydrogen-bond donors (Lipinski definition) is 2. The maximum atomic E-state index is 12.5. The second kappa shape index (κ2) is 9.99. The molecule has 2 N–H and O–H groups in total. The average molecular weight is 452 g/mol. The molecule has 32 heavy (non-hydrogen) atoms. The van der Waals surface area contributed by atoms with Crippen LogP contribution in [0.1, 0.15) is 46.1 Å². The van der Waals surface area contributed by atoms with Gasteiger partial charge in [-0.15, -0.1) is 10.2 Å². The summed E-state index contributed by atoms with van der Waals surface area (Å²) in [5, 5.41) is 14.5. The molecule has 0 spiro atoms. The molecule has 8 heteroatoms. The van der Waals surface area contributed by atoms with E-state index < -0.39 is 5.41 Å². The van der Waals surface area contributed by atoms with Crippen LogP contribution in [0.15, 0.2) is 60.0 Å². The van der Waals surface area contributed by atoms with Crippen molar-refractivity contribution in [2.45, 2.75) is 45.7 Å². The molecule has 0 atom stereocenters. The first-order valence-electron chi connectivity index (χ1n) is 10.5. The van der Waals surface area contributed by atoms with Crippen molar-refractivity contribution in [3.05, 3.63) is 60.4 Å². The summed E-state index contributed by atoms with van der Waals surface area (Å²) in [6, 6.07) is 15.3. The Morgan fingerprint density at radius 3 is 2.31 bits per heavy atom. The molecule has 1 heterocycles. The van der Waals surface area contributed by atoms with Crippen LogP contribution >= 0.6 is 11.8 Å². The lowest BCUT2D eigenvalue weighted by atomic mass is 9.95. The summed E-state index contributed by atoms with van der Waals surface area (Å²) in [5.41, 5.74) is 2.97. The summed E-state index contributed by atoms with van der Waals surface area (Å²) in [6.45, 7) is 9.86. The lowest BCUT2D eigenvalue weighted by molar-refractivity contribution is -0.123. The maximum Gasteiger partial charge on any atom is 0.234 e. The molecule has 3 rings (SSSR count). The molecule has 0 aliphatic heterocycles. The quantitative estimate of drug-likeness (QED) is 0.488. The zero-order chi connectivity index (χ0) is 23.3. The molecule has 0 saturated carbocycles. The molecule has 7 nitrogen and oxygen atoms in total. The van der Waals surface area contributed by atoms with E-state index >= 15 is 0 Å². The molecular weight excluding hydrogens is 422 g/mol. The Morgan fingerprint density at radius 2 is 1.69 bits per heavy atom. The first-order chi connectivity index (χ1) is 15.1. The Balaban J connectivity index is 1.60. The van der Waals surface area contributed by atoms with Gasteiger partial charge in [0.1, 0.15) is 6.33 Å². The number of aromatic nitrogens is 3. The van der Waals surface area contributed by atoms with Crippen molar-refractivity contribution >= 4 is 35.0 Å². The molecule has 3 aromatic rings. The Morgan fingerprint density at radius 1 is 1.03 bits per heavy atom. The zero-order valence-electron chi connectivity index (χ0n) is 19.0. The molecule has 2 amide bonds. The van der Waals surface area contributed by atoms with Crippen molar-refractivity contribution in [3.63, 3.8) is 0 Å². The third-order valence-electron chi connectivity index (χ3n) is 4.77. The van der Waals surface area contributed by atoms with Gasteiger partial charge in [-0.2, -0.15) is 0 Å². The van der Waals surface area contributed by atoms with Crippen molar-refractivity contribution in [3.8, 4) is 5.69 Å². The Kier molecular flexibility index (Phi) is 7.35. The summed E-state index contributed by atoms with van der Waals surface area (Å²) in [5.74, 6) is 0.389. The topological polar surface area (TPSA) is 88.9 Å². The van der Waals surface area contributed by atoms with Gasteiger partial charge in [0.25, 0.3) is 0 Å². The van der Waals surface area contributed by atoms with Crippen molar-refractivity contribution in [1.29, 1.82) is 0 Å². The van der Waals surface area contributed by atoms with E-state index in [-0.39, 0.29) is 17.6 Å². The van der Waals surface area contributed by atoms with E-state index in [0.29, 0.717) is 22.4 Å². The molecule has 2 aromatic carbocycles. The number of nitrogens with zero attached hydrogens (tertiary/aromatic N) is 3. The normalized spacial score (nSPS) is 11.4. The van der Waals surface area contributed by atoms with E-state index in [9.17, 15) is 9.59 Å². The van der Waals surface area contributed by atoms with Gasteiger partial charge >= 0.3 is 0 Å². The first-order valence-corrected chi connectivity index (χ1v) is 11.5. The van der Waals surface area contributed by atoms with Crippen LogP contribution in [0.2, 0.25) is 0 Å². The summed E-state index contributed by atoms with van der Waals surface area (Å²) in [4.78, 5) is 24.7. The molecule has 1 aromatic heterocycles. The van der Waals surface area contributed by atoms with Crippen LogP contribution in [0.3, 0.4) is 0 Å². The zero-order valence-corrected chi connectivity index (χ0v) is 19.9. The monoisotopic (exact) mass is 451 g/mol. The van der Waals surface area contributed by atoms with Gasteiger partial charge in [0.05, 0.1) is 5.75 Å². The number of carbonyl (C=O) groups is 2. The van der Waals surface area contributed by atoms with Gasteiger partial charge in [-0.3, -0.25) is 14.2 Å². The highest BCUT2D eigenvalue weighted by atomic mass is 32.2. The van der Waals surface area contributed by atoms with E-state index in [1.807, 2.05) is 37.5 Å². The van der Waals surface area contributed by atoms with Crippen LogP contribution < -0.4 is 10.6 Å². The van der Waals surface area contributed by atoms with Gasteiger partial charge in [0, 0.05) is 22.5 Å². The van der Waals surface area contributed by atoms with Gasteiger partial charge in [0.2, 0.25) is 11.8 Å². The van der Waals surface area contributed by atoms with Crippen molar-refractivity contribution < 1.29 is 9.59 Å². The third-order valence-corrected chi connectivity index (χ3v) is 5.72. The minimum atomic E-state index is -0.499. The Bertz CT molecular complexity index is 1080. The van der Waals surface area contributed by atoms with Crippen LogP contribution in [0.4, 0.5) is 11.4 Å². The Labute approximate surface area is 193 Å².